The van der Waals surface area contributed by atoms with E-state index in [1.54, 1.807) is 0 Å². The van der Waals surface area contributed by atoms with Crippen LogP contribution in [0.15, 0.2) is 12.1 Å². The molecule has 81 valence electrons. The predicted molar refractivity (Wildman–Crippen MR) is 52.2 cm³/mol. The van der Waals surface area contributed by atoms with E-state index in [1.807, 2.05) is 0 Å². The number of rotatable bonds is 3. The van der Waals surface area contributed by atoms with E-state index in [9.17, 15) is 9.90 Å². The lowest BCUT2D eigenvalue weighted by Gasteiger charge is -2.11. The first-order valence-corrected chi connectivity index (χ1v) is 4.07. The molecule has 0 spiro atoms. The van der Waals surface area contributed by atoms with Crippen molar-refractivity contribution in [1.29, 1.82) is 0 Å². The molecule has 0 amide bonds. The second kappa shape index (κ2) is 4.54. The van der Waals surface area contributed by atoms with Gasteiger partial charge in [0.05, 0.1) is 21.1 Å². The van der Waals surface area contributed by atoms with Crippen LogP contribution in [-0.4, -0.2) is 25.3 Å². The van der Waals surface area contributed by atoms with Crippen LogP contribution in [0.5, 0.6) is 23.0 Å². The topological polar surface area (TPSA) is 65.0 Å². The van der Waals surface area contributed by atoms with Gasteiger partial charge in [-0.15, -0.1) is 0 Å². The molecule has 0 aliphatic carbocycles. The van der Waals surface area contributed by atoms with Crippen LogP contribution in [0.25, 0.3) is 0 Å². The summed E-state index contributed by atoms with van der Waals surface area (Å²) < 4.78 is 14.5. The molecule has 5 nitrogen and oxygen atoms in total. The molecule has 0 heterocycles. The van der Waals surface area contributed by atoms with Crippen molar-refractivity contribution < 1.29 is 24.1 Å². The summed E-state index contributed by atoms with van der Waals surface area (Å²) in [5, 5.41) is 9.50. The third kappa shape index (κ3) is 2.52. The summed E-state index contributed by atoms with van der Waals surface area (Å²) in [5.41, 5.74) is 0. The van der Waals surface area contributed by atoms with Gasteiger partial charge in [-0.25, -0.2) is 0 Å². The maximum absolute atomic E-state index is 10.7. The highest BCUT2D eigenvalue weighted by Crippen LogP contribution is 2.40. The van der Waals surface area contributed by atoms with E-state index in [0.29, 0.717) is 5.75 Å². The Morgan fingerprint density at radius 3 is 2.47 bits per heavy atom. The van der Waals surface area contributed by atoms with Crippen LogP contribution in [0.3, 0.4) is 0 Å². The van der Waals surface area contributed by atoms with Crippen LogP contribution in [0.4, 0.5) is 0 Å². The zero-order valence-electron chi connectivity index (χ0n) is 8.44. The molecule has 1 rings (SSSR count). The maximum atomic E-state index is 10.7. The molecule has 0 unspecified atom stereocenters. The lowest BCUT2D eigenvalue weighted by molar-refractivity contribution is -0.129. The molecule has 1 N–H and O–H groups in total. The van der Waals surface area contributed by atoms with Gasteiger partial charge in [0.15, 0.2) is 11.5 Å². The average Bonchev–Trinajstić information content (AvgIpc) is 2.16. The number of hydrogen-bond donors (Lipinski definition) is 1. The normalized spacial score (nSPS) is 9.53. The van der Waals surface area contributed by atoms with Crippen molar-refractivity contribution in [1.82, 2.24) is 0 Å². The number of aromatic hydroxyl groups is 1. The summed E-state index contributed by atoms with van der Waals surface area (Å²) in [6.45, 7) is 3.06. The Balaban J connectivity index is 3.19. The molecule has 1 aromatic carbocycles. The first kappa shape index (κ1) is 11.2. The zero-order valence-corrected chi connectivity index (χ0v) is 8.44. The molecule has 0 fully saturated rings. The molecule has 1 aromatic rings. The summed E-state index contributed by atoms with van der Waals surface area (Å²) >= 11 is 0. The molecular formula is C10H11O5. The van der Waals surface area contributed by atoms with Crippen LogP contribution >= 0.6 is 0 Å². The minimum Gasteiger partial charge on any atom is -0.504 e. The molecule has 0 saturated carbocycles. The lowest BCUT2D eigenvalue weighted by atomic mass is 10.2. The van der Waals surface area contributed by atoms with Gasteiger partial charge in [0.25, 0.3) is 0 Å². The van der Waals surface area contributed by atoms with Crippen molar-refractivity contribution in [2.24, 2.45) is 0 Å². The van der Waals surface area contributed by atoms with Crippen molar-refractivity contribution >= 4 is 5.97 Å². The molecule has 5 heteroatoms. The van der Waals surface area contributed by atoms with Gasteiger partial charge in [-0.1, -0.05) is 0 Å². The number of carbonyl (C=O) groups excluding carboxylic acids is 1. The van der Waals surface area contributed by atoms with Crippen molar-refractivity contribution in [3.63, 3.8) is 0 Å². The van der Waals surface area contributed by atoms with E-state index in [1.165, 1.54) is 26.4 Å². The second-order valence-electron chi connectivity index (χ2n) is 2.65. The van der Waals surface area contributed by atoms with Gasteiger partial charge >= 0.3 is 5.97 Å². The van der Waals surface area contributed by atoms with Gasteiger partial charge in [-0.05, 0) is 0 Å². The smallest absolute Gasteiger partial charge is 0.311 e. The van der Waals surface area contributed by atoms with Gasteiger partial charge < -0.3 is 19.3 Å². The highest BCUT2D eigenvalue weighted by molar-refractivity contribution is 5.77. The third-order valence-electron chi connectivity index (χ3n) is 1.67. The van der Waals surface area contributed by atoms with Gasteiger partial charge in [0.1, 0.15) is 5.75 Å². The van der Waals surface area contributed by atoms with Crippen molar-refractivity contribution in [2.75, 3.05) is 14.2 Å². The number of ether oxygens (including phenoxy) is 3. The predicted octanol–water partition coefficient (Wildman–Crippen LogP) is 1.15. The largest absolute Gasteiger partial charge is 0.504 e. The fraction of sp³-hybridized carbons (Fsp3) is 0.200. The summed E-state index contributed by atoms with van der Waals surface area (Å²) in [7, 11) is 2.78. The quantitative estimate of drug-likeness (QED) is 0.600. The Morgan fingerprint density at radius 1 is 1.33 bits per heavy atom. The third-order valence-corrected chi connectivity index (χ3v) is 1.67. The van der Waals surface area contributed by atoms with E-state index < -0.39 is 5.97 Å². The van der Waals surface area contributed by atoms with Gasteiger partial charge in [-0.2, -0.15) is 0 Å². The molecule has 0 saturated heterocycles. The van der Waals surface area contributed by atoms with Gasteiger partial charge in [-0.3, -0.25) is 4.79 Å². The fourth-order valence-corrected chi connectivity index (χ4v) is 1.08. The Kier molecular flexibility index (Phi) is 3.38. The fourth-order valence-electron chi connectivity index (χ4n) is 1.08. The van der Waals surface area contributed by atoms with Crippen LogP contribution in [-0.2, 0) is 4.79 Å². The van der Waals surface area contributed by atoms with Crippen LogP contribution in [0.1, 0.15) is 0 Å². The average molecular weight is 211 g/mol. The van der Waals surface area contributed by atoms with Crippen LogP contribution in [0, 0.1) is 6.92 Å². The van der Waals surface area contributed by atoms with E-state index in [0.717, 1.165) is 0 Å². The molecule has 0 bridgehead atoms. The maximum Gasteiger partial charge on any atom is 0.311 e. The number of esters is 1. The van der Waals surface area contributed by atoms with E-state index in [-0.39, 0.29) is 17.2 Å². The van der Waals surface area contributed by atoms with Crippen LogP contribution < -0.4 is 14.2 Å². The first-order valence-electron chi connectivity index (χ1n) is 4.07. The molecule has 0 aromatic heterocycles. The van der Waals surface area contributed by atoms with Crippen LogP contribution in [0.2, 0.25) is 0 Å². The molecule has 1 radical (unpaired) electrons. The van der Waals surface area contributed by atoms with Gasteiger partial charge in [0, 0.05) is 12.1 Å². The van der Waals surface area contributed by atoms with E-state index in [4.69, 9.17) is 14.2 Å². The number of hydrogen-bond acceptors (Lipinski definition) is 5. The summed E-state index contributed by atoms with van der Waals surface area (Å²) in [4.78, 5) is 10.7. The Bertz CT molecular complexity index is 372. The second-order valence-corrected chi connectivity index (χ2v) is 2.65. The van der Waals surface area contributed by atoms with E-state index in [2.05, 4.69) is 6.92 Å². The SMILES string of the molecule is [CH2]C(=O)Oc1cc(OC)cc(O)c1OC. The number of phenols is 1. The minimum atomic E-state index is -0.749. The summed E-state index contributed by atoms with van der Waals surface area (Å²) in [6.07, 6.45) is 0. The zero-order chi connectivity index (χ0) is 11.4. The molecule has 0 aliphatic heterocycles. The molecule has 0 aliphatic rings. The monoisotopic (exact) mass is 211 g/mol. The lowest BCUT2D eigenvalue weighted by Crippen LogP contribution is -2.03. The summed E-state index contributed by atoms with van der Waals surface area (Å²) in [6, 6.07) is 2.76. The highest BCUT2D eigenvalue weighted by atomic mass is 16.6. The Hall–Kier alpha value is -1.91. The Morgan fingerprint density at radius 2 is 2.00 bits per heavy atom. The standard InChI is InChI=1S/C10H11O5/c1-6(11)15-9-5-7(13-2)4-8(12)10(9)14-3/h4-5,12H,1H2,2-3H3. The number of carbonyl (C=O) groups is 1. The first-order chi connectivity index (χ1) is 7.08. The summed E-state index contributed by atoms with van der Waals surface area (Å²) in [5.74, 6) is -0.444. The minimum absolute atomic E-state index is 0.0628. The highest BCUT2D eigenvalue weighted by Gasteiger charge is 2.14. The number of phenolic OH excluding ortho intramolecular Hbond substituents is 1. The number of methoxy groups -OCH3 is 2. The molecule has 0 atom stereocenters. The van der Waals surface area contributed by atoms with Gasteiger partial charge in [0.2, 0.25) is 5.75 Å². The molecule has 15 heavy (non-hydrogen) atoms. The van der Waals surface area contributed by atoms with Crippen molar-refractivity contribution in [3.8, 4) is 23.0 Å². The molecular weight excluding hydrogens is 200 g/mol. The Labute approximate surface area is 87.2 Å². The van der Waals surface area contributed by atoms with Crippen molar-refractivity contribution in [3.05, 3.63) is 19.1 Å². The number of benzene rings is 1. The van der Waals surface area contributed by atoms with E-state index >= 15 is 0 Å². The van der Waals surface area contributed by atoms with Crippen molar-refractivity contribution in [2.45, 2.75) is 0 Å².